The Kier molecular flexibility index (Phi) is 5.41. The fourth-order valence-corrected chi connectivity index (χ4v) is 3.33. The van der Waals surface area contributed by atoms with Crippen LogP contribution in [0, 0.1) is 0 Å². The summed E-state index contributed by atoms with van der Waals surface area (Å²) in [5.74, 6) is -0.423. The molecule has 140 valence electrons. The number of carbonyl (C=O) groups excluding carboxylic acids is 3. The third-order valence-corrected chi connectivity index (χ3v) is 4.74. The highest BCUT2D eigenvalue weighted by Gasteiger charge is 2.32. The number of ether oxygens (including phenoxy) is 1. The predicted molar refractivity (Wildman–Crippen MR) is 93.8 cm³/mol. The molecule has 1 aromatic rings. The number of nitrogens with zero attached hydrogens (tertiary/aromatic N) is 2. The maximum absolute atomic E-state index is 12.2. The smallest absolute Gasteiger partial charge is 0.414 e. The molecule has 0 bridgehead atoms. The second-order valence-corrected chi connectivity index (χ2v) is 6.55. The van der Waals surface area contributed by atoms with Crippen molar-refractivity contribution in [3.05, 3.63) is 29.3 Å². The summed E-state index contributed by atoms with van der Waals surface area (Å²) in [4.78, 5) is 38.1. The highest BCUT2D eigenvalue weighted by atomic mass is 16.6. The molecule has 0 aromatic heterocycles. The van der Waals surface area contributed by atoms with Crippen LogP contribution in [0.4, 0.5) is 10.5 Å². The largest absolute Gasteiger partial charge is 0.442 e. The molecule has 0 aliphatic carbocycles. The summed E-state index contributed by atoms with van der Waals surface area (Å²) in [5.41, 5.74) is 2.99. The predicted octanol–water partition coefficient (Wildman–Crippen LogP) is 0.0674. The van der Waals surface area contributed by atoms with Gasteiger partial charge in [0.15, 0.2) is 0 Å². The lowest BCUT2D eigenvalue weighted by Gasteiger charge is -2.18. The van der Waals surface area contributed by atoms with Gasteiger partial charge in [-0.2, -0.15) is 0 Å². The van der Waals surface area contributed by atoms with Gasteiger partial charge in [0.1, 0.15) is 12.7 Å². The second-order valence-electron chi connectivity index (χ2n) is 6.55. The Morgan fingerprint density at radius 2 is 2.00 bits per heavy atom. The van der Waals surface area contributed by atoms with Gasteiger partial charge in [-0.25, -0.2) is 4.79 Å². The fraction of sp³-hybridized carbons (Fsp3) is 0.500. The van der Waals surface area contributed by atoms with E-state index in [0.717, 1.165) is 23.2 Å². The first kappa shape index (κ1) is 18.2. The zero-order valence-electron chi connectivity index (χ0n) is 14.7. The number of aliphatic hydroxyl groups is 1. The molecule has 1 aromatic carbocycles. The molecule has 0 radical (unpaired) electrons. The molecule has 26 heavy (non-hydrogen) atoms. The number of benzene rings is 1. The molecule has 1 atom stereocenters. The van der Waals surface area contributed by atoms with Gasteiger partial charge in [-0.3, -0.25) is 14.5 Å². The van der Waals surface area contributed by atoms with Crippen molar-refractivity contribution in [3.8, 4) is 0 Å². The molecule has 2 heterocycles. The van der Waals surface area contributed by atoms with E-state index in [1.165, 1.54) is 6.92 Å². The SMILES string of the molecule is CC(=O)NCC1CN(c2ccc3c(c2)CCN(C(=O)CO)CC3)C(=O)O1. The lowest BCUT2D eigenvalue weighted by molar-refractivity contribution is -0.134. The normalized spacial score (nSPS) is 19.6. The third kappa shape index (κ3) is 3.96. The summed E-state index contributed by atoms with van der Waals surface area (Å²) in [7, 11) is 0. The lowest BCUT2D eigenvalue weighted by Crippen LogP contribution is -2.35. The molecule has 8 heteroatoms. The minimum Gasteiger partial charge on any atom is -0.442 e. The number of cyclic esters (lactones) is 1. The zero-order valence-corrected chi connectivity index (χ0v) is 14.7. The summed E-state index contributed by atoms with van der Waals surface area (Å²) < 4.78 is 5.30. The van der Waals surface area contributed by atoms with Crippen LogP contribution < -0.4 is 10.2 Å². The highest BCUT2D eigenvalue weighted by Crippen LogP contribution is 2.26. The van der Waals surface area contributed by atoms with E-state index >= 15 is 0 Å². The molecule has 2 aliphatic rings. The quantitative estimate of drug-likeness (QED) is 0.791. The topological polar surface area (TPSA) is 99.2 Å². The monoisotopic (exact) mass is 361 g/mol. The standard InChI is InChI=1S/C18H23N3O5/c1-12(23)19-9-16-10-21(18(25)26-16)15-3-2-13-4-6-20(17(24)11-22)7-5-14(13)8-15/h2-3,8,16,22H,4-7,9-11H2,1H3,(H,19,23). The molecule has 0 spiro atoms. The Labute approximate surface area is 151 Å². The van der Waals surface area contributed by atoms with E-state index < -0.39 is 12.7 Å². The molecule has 2 aliphatic heterocycles. The Balaban J connectivity index is 1.70. The molecule has 1 unspecified atom stereocenters. The van der Waals surface area contributed by atoms with Crippen LogP contribution in [0.5, 0.6) is 0 Å². The van der Waals surface area contributed by atoms with Gasteiger partial charge in [0.05, 0.1) is 13.1 Å². The summed E-state index contributed by atoms with van der Waals surface area (Å²) in [6, 6.07) is 5.82. The molecule has 3 rings (SSSR count). The van der Waals surface area contributed by atoms with Gasteiger partial charge in [-0.15, -0.1) is 0 Å². The van der Waals surface area contributed by atoms with Crippen LogP contribution in [-0.2, 0) is 27.2 Å². The molecule has 3 amide bonds. The van der Waals surface area contributed by atoms with Crippen molar-refractivity contribution in [2.45, 2.75) is 25.9 Å². The minimum atomic E-state index is -0.475. The van der Waals surface area contributed by atoms with Crippen molar-refractivity contribution in [3.63, 3.8) is 0 Å². The third-order valence-electron chi connectivity index (χ3n) is 4.74. The zero-order chi connectivity index (χ0) is 18.7. The van der Waals surface area contributed by atoms with Crippen LogP contribution in [0.25, 0.3) is 0 Å². The van der Waals surface area contributed by atoms with Crippen LogP contribution in [0.2, 0.25) is 0 Å². The maximum atomic E-state index is 12.2. The van der Waals surface area contributed by atoms with Crippen molar-refractivity contribution in [1.29, 1.82) is 0 Å². The summed E-state index contributed by atoms with van der Waals surface area (Å²) >= 11 is 0. The van der Waals surface area contributed by atoms with Gasteiger partial charge in [-0.05, 0) is 36.1 Å². The summed E-state index contributed by atoms with van der Waals surface area (Å²) in [5, 5.41) is 11.7. The van der Waals surface area contributed by atoms with E-state index in [9.17, 15) is 14.4 Å². The first-order valence-corrected chi connectivity index (χ1v) is 8.71. The molecule has 1 fully saturated rings. The average Bonchev–Trinajstić information content (AvgIpc) is 2.87. The fourth-order valence-electron chi connectivity index (χ4n) is 3.33. The summed E-state index contributed by atoms with van der Waals surface area (Å²) in [6.07, 6.45) is 0.596. The number of carbonyl (C=O) groups is 3. The number of anilines is 1. The van der Waals surface area contributed by atoms with Crippen LogP contribution in [-0.4, -0.2) is 66.8 Å². The van der Waals surface area contributed by atoms with Crippen molar-refractivity contribution >= 4 is 23.6 Å². The van der Waals surface area contributed by atoms with Gasteiger partial charge in [-0.1, -0.05) is 6.07 Å². The first-order valence-electron chi connectivity index (χ1n) is 8.71. The number of rotatable bonds is 4. The lowest BCUT2D eigenvalue weighted by atomic mass is 10.0. The van der Waals surface area contributed by atoms with E-state index in [4.69, 9.17) is 9.84 Å². The number of aliphatic hydroxyl groups excluding tert-OH is 1. The van der Waals surface area contributed by atoms with E-state index in [-0.39, 0.29) is 17.9 Å². The number of nitrogens with one attached hydrogen (secondary N) is 1. The van der Waals surface area contributed by atoms with Crippen LogP contribution >= 0.6 is 0 Å². The molecular weight excluding hydrogens is 338 g/mol. The van der Waals surface area contributed by atoms with Gasteiger partial charge in [0.2, 0.25) is 11.8 Å². The number of hydrogen-bond acceptors (Lipinski definition) is 5. The number of hydrogen-bond donors (Lipinski definition) is 2. The number of fused-ring (bicyclic) bond motifs is 1. The van der Waals surface area contributed by atoms with E-state index in [0.29, 0.717) is 32.6 Å². The Morgan fingerprint density at radius 1 is 1.27 bits per heavy atom. The molecule has 2 N–H and O–H groups in total. The minimum absolute atomic E-state index is 0.161. The van der Waals surface area contributed by atoms with Crippen LogP contribution in [0.1, 0.15) is 18.1 Å². The van der Waals surface area contributed by atoms with Crippen LogP contribution in [0.15, 0.2) is 18.2 Å². The molecular formula is C18H23N3O5. The number of amides is 3. The highest BCUT2D eigenvalue weighted by molar-refractivity contribution is 5.90. The maximum Gasteiger partial charge on any atom is 0.414 e. The van der Waals surface area contributed by atoms with Crippen molar-refractivity contribution < 1.29 is 24.2 Å². The van der Waals surface area contributed by atoms with E-state index in [2.05, 4.69) is 5.32 Å². The molecule has 0 saturated carbocycles. The second kappa shape index (κ2) is 7.74. The average molecular weight is 361 g/mol. The van der Waals surface area contributed by atoms with Crippen molar-refractivity contribution in [2.24, 2.45) is 0 Å². The Morgan fingerprint density at radius 3 is 2.69 bits per heavy atom. The Bertz CT molecular complexity index is 721. The first-order chi connectivity index (χ1) is 12.5. The Hall–Kier alpha value is -2.61. The van der Waals surface area contributed by atoms with E-state index in [1.54, 1.807) is 9.80 Å². The van der Waals surface area contributed by atoms with Crippen molar-refractivity contribution in [2.75, 3.05) is 37.7 Å². The van der Waals surface area contributed by atoms with Gasteiger partial charge < -0.3 is 20.1 Å². The van der Waals surface area contributed by atoms with Gasteiger partial charge >= 0.3 is 6.09 Å². The molecule has 8 nitrogen and oxygen atoms in total. The van der Waals surface area contributed by atoms with Gasteiger partial charge in [0, 0.05) is 25.7 Å². The van der Waals surface area contributed by atoms with Crippen LogP contribution in [0.3, 0.4) is 0 Å². The van der Waals surface area contributed by atoms with Gasteiger partial charge in [0.25, 0.3) is 0 Å². The van der Waals surface area contributed by atoms with E-state index in [1.807, 2.05) is 18.2 Å². The molecule has 1 saturated heterocycles. The summed E-state index contributed by atoms with van der Waals surface area (Å²) in [6.45, 7) is 2.75. The van der Waals surface area contributed by atoms with Crippen molar-refractivity contribution in [1.82, 2.24) is 10.2 Å².